The maximum absolute atomic E-state index is 10.2. The van der Waals surface area contributed by atoms with Crippen molar-refractivity contribution < 1.29 is 24.9 Å². The number of anilines is 2. The number of phenolic OH excluding ortho intramolecular Hbond substituents is 1. The molecule has 184 valence electrons. The standard InChI is InChI=1S/C14H18N6O.C10H10O4/c15-14-18-12(17-9-2-3-9)11-13(19-14)20(7-16-11)10-4-1-8(5-10)6-21;1-14-9-6-7(2-4-8(9)11)3-5-10(12)13/h1,4,7-10,21H,2-3,5-6H2,(H3,15,17,18,19);2-6,11H,1H3,(H,12,13)/t8-,10+;/m1./s1. The highest BCUT2D eigenvalue weighted by Gasteiger charge is 2.26. The number of aliphatic carboxylic acids is 1. The summed E-state index contributed by atoms with van der Waals surface area (Å²) in [6.07, 6.45) is 11.5. The highest BCUT2D eigenvalue weighted by molar-refractivity contribution is 5.85. The molecule has 11 nitrogen and oxygen atoms in total. The molecule has 0 unspecified atom stereocenters. The second-order valence-corrected chi connectivity index (χ2v) is 8.41. The number of hydrogen-bond donors (Lipinski definition) is 5. The molecular weight excluding hydrogens is 452 g/mol. The minimum absolute atomic E-state index is 0.0278. The first-order valence-corrected chi connectivity index (χ1v) is 11.2. The van der Waals surface area contributed by atoms with E-state index < -0.39 is 5.97 Å². The Morgan fingerprint density at radius 1 is 1.31 bits per heavy atom. The van der Waals surface area contributed by atoms with Crippen LogP contribution in [0.3, 0.4) is 0 Å². The predicted octanol–water partition coefficient (Wildman–Crippen LogP) is 2.59. The van der Waals surface area contributed by atoms with Crippen molar-refractivity contribution in [2.24, 2.45) is 5.92 Å². The molecule has 1 aromatic carbocycles. The third-order valence-corrected chi connectivity index (χ3v) is 5.72. The number of ether oxygens (including phenoxy) is 1. The predicted molar refractivity (Wildman–Crippen MR) is 131 cm³/mol. The van der Waals surface area contributed by atoms with E-state index in [0.717, 1.165) is 42.3 Å². The van der Waals surface area contributed by atoms with Crippen molar-refractivity contribution >= 4 is 35.0 Å². The Kier molecular flexibility index (Phi) is 7.16. The Labute approximate surface area is 201 Å². The molecule has 3 aromatic rings. The summed E-state index contributed by atoms with van der Waals surface area (Å²) in [7, 11) is 1.43. The number of nitrogens with two attached hydrogens (primary N) is 1. The molecule has 0 aliphatic heterocycles. The SMILES string of the molecule is COc1cc(C=CC(=O)O)ccc1O.Nc1nc(NC2CC2)c2ncn([C@H]3C=C[C@@H](CO)C3)c2n1. The first kappa shape index (κ1) is 24.0. The minimum atomic E-state index is -1.02. The van der Waals surface area contributed by atoms with Gasteiger partial charge in [0.05, 0.1) is 19.5 Å². The average Bonchev–Trinajstić information content (AvgIpc) is 3.35. The second kappa shape index (κ2) is 10.4. The fraction of sp³-hybridized carbons (Fsp3) is 0.333. The van der Waals surface area contributed by atoms with E-state index in [1.54, 1.807) is 18.5 Å². The summed E-state index contributed by atoms with van der Waals surface area (Å²) in [5, 5.41) is 30.3. The number of benzene rings is 1. The molecule has 0 bridgehead atoms. The molecule has 2 aliphatic rings. The Bertz CT molecular complexity index is 1270. The maximum atomic E-state index is 10.2. The largest absolute Gasteiger partial charge is 0.504 e. The van der Waals surface area contributed by atoms with Crippen molar-refractivity contribution in [1.82, 2.24) is 19.5 Å². The smallest absolute Gasteiger partial charge is 0.328 e. The van der Waals surface area contributed by atoms with Gasteiger partial charge in [0, 0.05) is 24.6 Å². The molecule has 11 heteroatoms. The number of fused-ring (bicyclic) bond motifs is 1. The number of aliphatic hydroxyl groups is 1. The highest BCUT2D eigenvalue weighted by Crippen LogP contribution is 2.33. The molecule has 2 aliphatic carbocycles. The van der Waals surface area contributed by atoms with Crippen LogP contribution in [0.2, 0.25) is 0 Å². The van der Waals surface area contributed by atoms with Crippen molar-refractivity contribution in [2.75, 3.05) is 24.8 Å². The summed E-state index contributed by atoms with van der Waals surface area (Å²) in [4.78, 5) is 23.3. The van der Waals surface area contributed by atoms with E-state index in [-0.39, 0.29) is 30.3 Å². The number of rotatable bonds is 7. The lowest BCUT2D eigenvalue weighted by molar-refractivity contribution is -0.131. The number of phenols is 1. The quantitative estimate of drug-likeness (QED) is 0.250. The lowest BCUT2D eigenvalue weighted by atomic mass is 10.1. The van der Waals surface area contributed by atoms with Crippen LogP contribution in [0.4, 0.5) is 11.8 Å². The van der Waals surface area contributed by atoms with Crippen LogP contribution in [-0.2, 0) is 4.79 Å². The van der Waals surface area contributed by atoms with Crippen LogP contribution >= 0.6 is 0 Å². The molecule has 6 N–H and O–H groups in total. The number of aliphatic hydroxyl groups excluding tert-OH is 1. The average molecular weight is 481 g/mol. The van der Waals surface area contributed by atoms with Gasteiger partial charge in [-0.05, 0) is 43.0 Å². The molecule has 2 aromatic heterocycles. The highest BCUT2D eigenvalue weighted by atomic mass is 16.5. The van der Waals surface area contributed by atoms with Gasteiger partial charge in [-0.25, -0.2) is 9.78 Å². The second-order valence-electron chi connectivity index (χ2n) is 8.41. The molecular formula is C24H28N6O5. The molecule has 0 spiro atoms. The van der Waals surface area contributed by atoms with E-state index in [1.165, 1.54) is 19.3 Å². The molecule has 2 heterocycles. The number of aromatic hydroxyl groups is 1. The van der Waals surface area contributed by atoms with Crippen LogP contribution in [-0.4, -0.2) is 60.6 Å². The van der Waals surface area contributed by atoms with Crippen LogP contribution in [0.1, 0.15) is 30.9 Å². The number of methoxy groups -OCH3 is 1. The Balaban J connectivity index is 0.000000181. The lowest BCUT2D eigenvalue weighted by Crippen LogP contribution is -2.10. The van der Waals surface area contributed by atoms with Gasteiger partial charge in [-0.3, -0.25) is 0 Å². The third-order valence-electron chi connectivity index (χ3n) is 5.72. The van der Waals surface area contributed by atoms with Crippen molar-refractivity contribution in [3.05, 3.63) is 48.3 Å². The van der Waals surface area contributed by atoms with Crippen LogP contribution < -0.4 is 15.8 Å². The molecule has 0 radical (unpaired) electrons. The van der Waals surface area contributed by atoms with Gasteiger partial charge in [0.25, 0.3) is 0 Å². The molecule has 35 heavy (non-hydrogen) atoms. The van der Waals surface area contributed by atoms with Crippen molar-refractivity contribution in [2.45, 2.75) is 31.3 Å². The van der Waals surface area contributed by atoms with Gasteiger partial charge < -0.3 is 35.7 Å². The topological polar surface area (TPSA) is 169 Å². The zero-order chi connectivity index (χ0) is 24.9. The number of carbonyl (C=O) groups is 1. The van der Waals surface area contributed by atoms with E-state index in [2.05, 4.69) is 26.3 Å². The Morgan fingerprint density at radius 3 is 2.77 bits per heavy atom. The number of imidazole rings is 1. The monoisotopic (exact) mass is 480 g/mol. The van der Waals surface area contributed by atoms with Crippen molar-refractivity contribution in [1.29, 1.82) is 0 Å². The summed E-state index contributed by atoms with van der Waals surface area (Å²) in [6, 6.07) is 5.24. The molecule has 0 saturated heterocycles. The molecule has 1 fully saturated rings. The summed E-state index contributed by atoms with van der Waals surface area (Å²) in [5.41, 5.74) is 8.00. The number of carboxylic acids is 1. The lowest BCUT2D eigenvalue weighted by Gasteiger charge is -2.13. The van der Waals surface area contributed by atoms with E-state index in [4.69, 9.17) is 15.6 Å². The Morgan fingerprint density at radius 2 is 2.11 bits per heavy atom. The van der Waals surface area contributed by atoms with E-state index in [9.17, 15) is 15.0 Å². The molecule has 0 amide bonds. The zero-order valence-corrected chi connectivity index (χ0v) is 19.2. The summed E-state index contributed by atoms with van der Waals surface area (Å²) in [6.45, 7) is 0.172. The number of hydrogen-bond acceptors (Lipinski definition) is 9. The number of allylic oxidation sites excluding steroid dienone is 1. The number of nitrogen functional groups attached to an aromatic ring is 1. The first-order valence-electron chi connectivity index (χ1n) is 11.2. The summed E-state index contributed by atoms with van der Waals surface area (Å²) < 4.78 is 6.87. The van der Waals surface area contributed by atoms with Gasteiger partial charge in [-0.15, -0.1) is 0 Å². The van der Waals surface area contributed by atoms with Crippen LogP contribution in [0.25, 0.3) is 17.2 Å². The number of nitrogens with one attached hydrogen (secondary N) is 1. The molecule has 1 saturated carbocycles. The van der Waals surface area contributed by atoms with Crippen LogP contribution in [0.5, 0.6) is 11.5 Å². The van der Waals surface area contributed by atoms with Gasteiger partial charge >= 0.3 is 5.97 Å². The third kappa shape index (κ3) is 5.87. The fourth-order valence-electron chi connectivity index (χ4n) is 3.76. The van der Waals surface area contributed by atoms with Gasteiger partial charge in [-0.1, -0.05) is 18.2 Å². The van der Waals surface area contributed by atoms with Crippen LogP contribution in [0, 0.1) is 5.92 Å². The molecule has 5 rings (SSSR count). The maximum Gasteiger partial charge on any atom is 0.328 e. The van der Waals surface area contributed by atoms with Crippen molar-refractivity contribution in [3.8, 4) is 11.5 Å². The molecule has 2 atom stereocenters. The minimum Gasteiger partial charge on any atom is -0.504 e. The van der Waals surface area contributed by atoms with Gasteiger partial charge in [-0.2, -0.15) is 9.97 Å². The van der Waals surface area contributed by atoms with Crippen LogP contribution in [0.15, 0.2) is 42.8 Å². The number of nitrogens with zero attached hydrogens (tertiary/aromatic N) is 4. The fourth-order valence-corrected chi connectivity index (χ4v) is 3.76. The Hall–Kier alpha value is -4.12. The normalized spacial score (nSPS) is 19.0. The number of aromatic nitrogens is 4. The van der Waals surface area contributed by atoms with Gasteiger partial charge in [0.2, 0.25) is 5.95 Å². The van der Waals surface area contributed by atoms with Gasteiger partial charge in [0.1, 0.15) is 0 Å². The number of carboxylic acid groups (broad SMARTS) is 1. The van der Waals surface area contributed by atoms with Gasteiger partial charge in [0.15, 0.2) is 28.5 Å². The summed E-state index contributed by atoms with van der Waals surface area (Å²) in [5.74, 6) is 0.512. The zero-order valence-electron chi connectivity index (χ0n) is 19.2. The van der Waals surface area contributed by atoms with Crippen molar-refractivity contribution in [3.63, 3.8) is 0 Å². The van der Waals surface area contributed by atoms with E-state index >= 15 is 0 Å². The first-order chi connectivity index (χ1) is 16.9. The van der Waals surface area contributed by atoms with E-state index in [1.807, 2.05) is 10.6 Å². The van der Waals surface area contributed by atoms with E-state index in [0.29, 0.717) is 17.4 Å². The summed E-state index contributed by atoms with van der Waals surface area (Å²) >= 11 is 0.